The first-order chi connectivity index (χ1) is 9.41. The molecule has 0 aliphatic carbocycles. The molecule has 2 atom stereocenters. The molecule has 0 spiro atoms. The topological polar surface area (TPSA) is 87.7 Å². The van der Waals surface area contributed by atoms with E-state index in [1.807, 2.05) is 6.07 Å². The fourth-order valence-electron chi connectivity index (χ4n) is 1.98. The van der Waals surface area contributed by atoms with Crippen molar-refractivity contribution < 1.29 is 19.4 Å². The Morgan fingerprint density at radius 1 is 1.50 bits per heavy atom. The molecule has 1 aromatic carbocycles. The SMILES string of the molecule is CC1(C(=O)O)COCC1NC(=O)Nc1cccc(Br)c1. The lowest BCUT2D eigenvalue weighted by molar-refractivity contribution is -0.148. The number of ether oxygens (including phenoxy) is 1. The summed E-state index contributed by atoms with van der Waals surface area (Å²) in [6.45, 7) is 1.84. The quantitative estimate of drug-likeness (QED) is 0.784. The minimum atomic E-state index is -1.10. The van der Waals surface area contributed by atoms with Crippen LogP contribution in [-0.2, 0) is 9.53 Å². The van der Waals surface area contributed by atoms with E-state index in [0.717, 1.165) is 4.47 Å². The van der Waals surface area contributed by atoms with E-state index < -0.39 is 23.5 Å². The predicted molar refractivity (Wildman–Crippen MR) is 76.6 cm³/mol. The van der Waals surface area contributed by atoms with Crippen LogP contribution in [-0.4, -0.2) is 36.4 Å². The van der Waals surface area contributed by atoms with E-state index in [4.69, 9.17) is 4.74 Å². The van der Waals surface area contributed by atoms with Crippen LogP contribution >= 0.6 is 15.9 Å². The first kappa shape index (κ1) is 14.8. The Labute approximate surface area is 124 Å². The monoisotopic (exact) mass is 342 g/mol. The predicted octanol–water partition coefficient (Wildman–Crippen LogP) is 2.06. The van der Waals surface area contributed by atoms with Gasteiger partial charge in [-0.05, 0) is 25.1 Å². The van der Waals surface area contributed by atoms with Gasteiger partial charge in [0, 0.05) is 10.2 Å². The number of aliphatic carboxylic acids is 1. The molecule has 6 nitrogen and oxygen atoms in total. The molecule has 108 valence electrons. The van der Waals surface area contributed by atoms with Gasteiger partial charge < -0.3 is 20.5 Å². The van der Waals surface area contributed by atoms with Crippen molar-refractivity contribution in [3.05, 3.63) is 28.7 Å². The molecule has 1 fully saturated rings. The summed E-state index contributed by atoms with van der Waals surface area (Å²) in [6, 6.07) is 6.11. The third-order valence-corrected chi connectivity index (χ3v) is 3.83. The number of halogens is 1. The summed E-state index contributed by atoms with van der Waals surface area (Å²) in [6.07, 6.45) is 0. The Morgan fingerprint density at radius 2 is 2.25 bits per heavy atom. The van der Waals surface area contributed by atoms with Crippen LogP contribution in [0.5, 0.6) is 0 Å². The van der Waals surface area contributed by atoms with Crippen LogP contribution in [0.1, 0.15) is 6.92 Å². The third kappa shape index (κ3) is 3.10. The summed E-state index contributed by atoms with van der Waals surface area (Å²) in [7, 11) is 0. The van der Waals surface area contributed by atoms with E-state index >= 15 is 0 Å². The van der Waals surface area contributed by atoms with Crippen LogP contribution in [0.2, 0.25) is 0 Å². The molecule has 2 unspecified atom stereocenters. The number of rotatable bonds is 3. The van der Waals surface area contributed by atoms with Crippen molar-refractivity contribution in [2.75, 3.05) is 18.5 Å². The molecule has 0 saturated carbocycles. The molecule has 0 radical (unpaired) electrons. The number of hydrogen-bond acceptors (Lipinski definition) is 3. The average molecular weight is 343 g/mol. The van der Waals surface area contributed by atoms with Crippen LogP contribution in [0.25, 0.3) is 0 Å². The maximum atomic E-state index is 11.9. The fraction of sp³-hybridized carbons (Fsp3) is 0.385. The van der Waals surface area contributed by atoms with Gasteiger partial charge in [0.1, 0.15) is 5.41 Å². The highest BCUT2D eigenvalue weighted by Gasteiger charge is 2.47. The highest BCUT2D eigenvalue weighted by Crippen LogP contribution is 2.28. The van der Waals surface area contributed by atoms with Gasteiger partial charge in [0.05, 0.1) is 19.3 Å². The molecular formula is C13H15BrN2O4. The lowest BCUT2D eigenvalue weighted by Crippen LogP contribution is -2.50. The van der Waals surface area contributed by atoms with Crippen molar-refractivity contribution >= 4 is 33.6 Å². The van der Waals surface area contributed by atoms with E-state index in [-0.39, 0.29) is 13.2 Å². The number of carbonyl (C=O) groups is 2. The number of nitrogens with one attached hydrogen (secondary N) is 2. The number of hydrogen-bond donors (Lipinski definition) is 3. The summed E-state index contributed by atoms with van der Waals surface area (Å²) in [5.74, 6) is -0.984. The Morgan fingerprint density at radius 3 is 2.90 bits per heavy atom. The number of carbonyl (C=O) groups excluding carboxylic acids is 1. The van der Waals surface area contributed by atoms with Gasteiger partial charge in [-0.1, -0.05) is 22.0 Å². The van der Waals surface area contributed by atoms with Gasteiger partial charge in [-0.25, -0.2) is 4.79 Å². The molecule has 0 aromatic heterocycles. The van der Waals surface area contributed by atoms with Crippen molar-refractivity contribution in [3.8, 4) is 0 Å². The third-order valence-electron chi connectivity index (χ3n) is 3.33. The highest BCUT2D eigenvalue weighted by molar-refractivity contribution is 9.10. The zero-order valence-corrected chi connectivity index (χ0v) is 12.4. The number of carboxylic acid groups (broad SMARTS) is 1. The summed E-state index contributed by atoms with van der Waals surface area (Å²) < 4.78 is 6.02. The van der Waals surface area contributed by atoms with Crippen LogP contribution in [0, 0.1) is 5.41 Å². The van der Waals surface area contributed by atoms with Crippen molar-refractivity contribution in [1.82, 2.24) is 5.32 Å². The van der Waals surface area contributed by atoms with Gasteiger partial charge >= 0.3 is 12.0 Å². The second-order valence-corrected chi connectivity index (χ2v) is 5.81. The molecule has 1 aliphatic rings. The minimum Gasteiger partial charge on any atom is -0.481 e. The van der Waals surface area contributed by atoms with Gasteiger partial charge in [-0.2, -0.15) is 0 Å². The van der Waals surface area contributed by atoms with E-state index in [1.165, 1.54) is 0 Å². The molecule has 2 amide bonds. The summed E-state index contributed by atoms with van der Waals surface area (Å²) >= 11 is 3.31. The molecule has 1 heterocycles. The standard InChI is InChI=1S/C13H15BrN2O4/c1-13(11(17)18)7-20-6-10(13)16-12(19)15-9-4-2-3-8(14)5-9/h2-5,10H,6-7H2,1H3,(H,17,18)(H2,15,16,19). The molecule has 1 aromatic rings. The normalized spacial score (nSPS) is 25.2. The molecule has 2 rings (SSSR count). The zero-order valence-electron chi connectivity index (χ0n) is 10.9. The summed E-state index contributed by atoms with van der Waals surface area (Å²) in [4.78, 5) is 23.2. The maximum Gasteiger partial charge on any atom is 0.319 e. The minimum absolute atomic E-state index is 0.0875. The van der Waals surface area contributed by atoms with Crippen molar-refractivity contribution in [1.29, 1.82) is 0 Å². The lowest BCUT2D eigenvalue weighted by Gasteiger charge is -2.25. The van der Waals surface area contributed by atoms with Gasteiger partial charge in [0.2, 0.25) is 0 Å². The summed E-state index contributed by atoms with van der Waals surface area (Å²) in [5, 5.41) is 14.5. The first-order valence-corrected chi connectivity index (χ1v) is 6.85. The largest absolute Gasteiger partial charge is 0.481 e. The number of anilines is 1. The first-order valence-electron chi connectivity index (χ1n) is 6.06. The Kier molecular flexibility index (Phi) is 4.29. The van der Waals surface area contributed by atoms with Gasteiger partial charge in [-0.15, -0.1) is 0 Å². The van der Waals surface area contributed by atoms with Gasteiger partial charge in [0.25, 0.3) is 0 Å². The number of benzene rings is 1. The fourth-order valence-corrected chi connectivity index (χ4v) is 2.38. The molecule has 3 N–H and O–H groups in total. The second kappa shape index (κ2) is 5.80. The molecular weight excluding hydrogens is 328 g/mol. The maximum absolute atomic E-state index is 11.9. The Balaban J connectivity index is 2.00. The van der Waals surface area contributed by atoms with E-state index in [2.05, 4.69) is 26.6 Å². The molecule has 7 heteroatoms. The molecule has 1 saturated heterocycles. The van der Waals surface area contributed by atoms with Crippen molar-refractivity contribution in [2.24, 2.45) is 5.41 Å². The number of carboxylic acids is 1. The van der Waals surface area contributed by atoms with Crippen LogP contribution in [0.4, 0.5) is 10.5 Å². The summed E-state index contributed by atoms with van der Waals surface area (Å²) in [5.41, 5.74) is -0.484. The zero-order chi connectivity index (χ0) is 14.8. The van der Waals surface area contributed by atoms with E-state index in [0.29, 0.717) is 5.69 Å². The van der Waals surface area contributed by atoms with Crippen LogP contribution < -0.4 is 10.6 Å². The smallest absolute Gasteiger partial charge is 0.319 e. The van der Waals surface area contributed by atoms with Crippen LogP contribution in [0.3, 0.4) is 0 Å². The van der Waals surface area contributed by atoms with Crippen molar-refractivity contribution in [3.63, 3.8) is 0 Å². The van der Waals surface area contributed by atoms with Gasteiger partial charge in [0.15, 0.2) is 0 Å². The Hall–Kier alpha value is -1.60. The van der Waals surface area contributed by atoms with Crippen LogP contribution in [0.15, 0.2) is 28.7 Å². The average Bonchev–Trinajstić information content (AvgIpc) is 2.72. The number of urea groups is 1. The lowest BCUT2D eigenvalue weighted by atomic mass is 9.85. The molecule has 20 heavy (non-hydrogen) atoms. The molecule has 0 bridgehead atoms. The van der Waals surface area contributed by atoms with E-state index in [1.54, 1.807) is 25.1 Å². The Bertz CT molecular complexity index is 537. The second-order valence-electron chi connectivity index (χ2n) is 4.90. The number of amides is 2. The van der Waals surface area contributed by atoms with Gasteiger partial charge in [-0.3, -0.25) is 4.79 Å². The highest BCUT2D eigenvalue weighted by atomic mass is 79.9. The molecule has 1 aliphatic heterocycles. The van der Waals surface area contributed by atoms with Crippen molar-refractivity contribution in [2.45, 2.75) is 13.0 Å². The van der Waals surface area contributed by atoms with E-state index in [9.17, 15) is 14.7 Å².